The molecule has 0 saturated carbocycles. The van der Waals surface area contributed by atoms with E-state index in [9.17, 15) is 4.79 Å². The van der Waals surface area contributed by atoms with Gasteiger partial charge < -0.3 is 10.3 Å². The number of nitrogens with one attached hydrogen (secondary N) is 3. The molecule has 1 amide bonds. The molecule has 0 radical (unpaired) electrons. The molecule has 0 aliphatic rings. The van der Waals surface area contributed by atoms with E-state index in [0.717, 1.165) is 27.7 Å². The number of hydrogen-bond donors (Lipinski definition) is 3. The Morgan fingerprint density at radius 2 is 1.85 bits per heavy atom. The molecule has 3 N–H and O–H groups in total. The third-order valence-corrected chi connectivity index (χ3v) is 7.30. The topological polar surface area (TPSA) is 112 Å². The fourth-order valence-electron chi connectivity index (χ4n) is 4.77. The number of para-hydroxylation sites is 1. The van der Waals surface area contributed by atoms with Crippen LogP contribution in [0, 0.1) is 5.82 Å². The van der Waals surface area contributed by atoms with Crippen molar-refractivity contribution in [2.75, 3.05) is 5.32 Å². The van der Waals surface area contributed by atoms with Crippen molar-refractivity contribution >= 4 is 44.9 Å². The Morgan fingerprint density at radius 3 is 2.70 bits per heavy atom. The van der Waals surface area contributed by atoms with Gasteiger partial charge in [-0.25, -0.2) is 9.37 Å². The number of benzene rings is 2. The number of aromatic nitrogens is 6. The van der Waals surface area contributed by atoms with Gasteiger partial charge in [-0.15, -0.1) is 0 Å². The van der Waals surface area contributed by atoms with Gasteiger partial charge in [-0.3, -0.25) is 19.9 Å². The molecule has 40 heavy (non-hydrogen) atoms. The Kier molecular flexibility index (Phi) is 5.86. The minimum absolute atomic E-state index is 0.0943. The standard InChI is InChI=1S/C30H20FN7OS/c31-26-25-23(37-38-29(25)30-35-22-8-4-7-21(28(22)36-30)18-9-10-40-16-18)15-33-27(26)19-12-20(14-32-13-19)34-24(39)11-17-5-2-1-3-6-17/h1-10,12-16H,11H2,(H,34,39)(H,35,36)(H,37,38). The minimum atomic E-state index is -0.561. The first kappa shape index (κ1) is 23.9. The number of carbonyl (C=O) groups is 1. The van der Waals surface area contributed by atoms with Crippen LogP contribution in [0.2, 0.25) is 0 Å². The molecule has 7 aromatic rings. The van der Waals surface area contributed by atoms with Gasteiger partial charge in [0, 0.05) is 17.3 Å². The van der Waals surface area contributed by atoms with Crippen LogP contribution in [0.3, 0.4) is 0 Å². The molecule has 0 bridgehead atoms. The highest BCUT2D eigenvalue weighted by atomic mass is 32.1. The summed E-state index contributed by atoms with van der Waals surface area (Å²) in [5.41, 5.74) is 6.32. The monoisotopic (exact) mass is 545 g/mol. The number of carbonyl (C=O) groups excluding carboxylic acids is 1. The smallest absolute Gasteiger partial charge is 0.228 e. The second-order valence-corrected chi connectivity index (χ2v) is 10.0. The van der Waals surface area contributed by atoms with Crippen LogP contribution < -0.4 is 5.32 Å². The summed E-state index contributed by atoms with van der Waals surface area (Å²) in [6, 6.07) is 19.0. The number of anilines is 1. The molecule has 2 aromatic carbocycles. The van der Waals surface area contributed by atoms with E-state index in [1.54, 1.807) is 17.4 Å². The van der Waals surface area contributed by atoms with E-state index in [2.05, 4.69) is 35.8 Å². The molecular formula is C30H20FN7OS. The van der Waals surface area contributed by atoms with E-state index < -0.39 is 5.82 Å². The average molecular weight is 546 g/mol. The number of halogens is 1. The highest BCUT2D eigenvalue weighted by Gasteiger charge is 2.21. The molecule has 7 rings (SSSR count). The van der Waals surface area contributed by atoms with Crippen LogP contribution >= 0.6 is 11.3 Å². The lowest BCUT2D eigenvalue weighted by atomic mass is 10.1. The van der Waals surface area contributed by atoms with Gasteiger partial charge in [0.2, 0.25) is 5.91 Å². The van der Waals surface area contributed by atoms with Crippen molar-refractivity contribution in [3.05, 3.63) is 101 Å². The summed E-state index contributed by atoms with van der Waals surface area (Å²) in [7, 11) is 0. The number of amides is 1. The normalized spacial score (nSPS) is 11.3. The minimum Gasteiger partial charge on any atom is -0.337 e. The predicted octanol–water partition coefficient (Wildman–Crippen LogP) is 6.61. The second kappa shape index (κ2) is 9.83. The maximum Gasteiger partial charge on any atom is 0.228 e. The van der Waals surface area contributed by atoms with Gasteiger partial charge in [0.25, 0.3) is 0 Å². The second-order valence-electron chi connectivity index (χ2n) is 9.25. The zero-order chi connectivity index (χ0) is 27.1. The molecule has 8 nitrogen and oxygen atoms in total. The van der Waals surface area contributed by atoms with Gasteiger partial charge in [-0.2, -0.15) is 16.4 Å². The van der Waals surface area contributed by atoms with Crippen LogP contribution in [-0.4, -0.2) is 36.0 Å². The highest BCUT2D eigenvalue weighted by molar-refractivity contribution is 7.08. The number of aromatic amines is 2. The van der Waals surface area contributed by atoms with Gasteiger partial charge in [0.1, 0.15) is 11.4 Å². The van der Waals surface area contributed by atoms with Crippen molar-refractivity contribution < 1.29 is 9.18 Å². The highest BCUT2D eigenvalue weighted by Crippen LogP contribution is 2.35. The van der Waals surface area contributed by atoms with Crippen molar-refractivity contribution in [2.24, 2.45) is 0 Å². The summed E-state index contributed by atoms with van der Waals surface area (Å²) in [5, 5.41) is 14.4. The van der Waals surface area contributed by atoms with Crippen LogP contribution in [0.15, 0.2) is 90.0 Å². The summed E-state index contributed by atoms with van der Waals surface area (Å²) in [5.74, 6) is -0.313. The van der Waals surface area contributed by atoms with Crippen molar-refractivity contribution in [3.8, 4) is 33.9 Å². The number of thiophene rings is 1. The zero-order valence-corrected chi connectivity index (χ0v) is 21.7. The molecule has 0 saturated heterocycles. The fourth-order valence-corrected chi connectivity index (χ4v) is 5.42. The Bertz CT molecular complexity index is 2000. The Morgan fingerprint density at radius 1 is 0.950 bits per heavy atom. The van der Waals surface area contributed by atoms with Crippen LogP contribution in [0.1, 0.15) is 5.56 Å². The van der Waals surface area contributed by atoms with Crippen molar-refractivity contribution in [2.45, 2.75) is 6.42 Å². The van der Waals surface area contributed by atoms with Gasteiger partial charge in [-0.1, -0.05) is 42.5 Å². The third kappa shape index (κ3) is 4.30. The Labute approximate surface area is 231 Å². The predicted molar refractivity (Wildman–Crippen MR) is 154 cm³/mol. The maximum absolute atomic E-state index is 16.1. The van der Waals surface area contributed by atoms with Crippen LogP contribution in [0.4, 0.5) is 10.1 Å². The number of pyridine rings is 2. The number of nitrogens with zero attached hydrogens (tertiary/aromatic N) is 4. The SMILES string of the molecule is O=C(Cc1ccccc1)Nc1cncc(-c2ncc3[nH]nc(-c4nc5c(-c6ccsc6)cccc5[nH]4)c3c2F)c1. The molecule has 5 heterocycles. The molecule has 10 heteroatoms. The van der Waals surface area contributed by atoms with E-state index in [1.807, 2.05) is 60.0 Å². The molecule has 194 valence electrons. The first-order valence-corrected chi connectivity index (χ1v) is 13.4. The number of imidazole rings is 1. The van der Waals surface area contributed by atoms with Gasteiger partial charge in [0.15, 0.2) is 11.6 Å². The number of hydrogen-bond acceptors (Lipinski definition) is 6. The lowest BCUT2D eigenvalue weighted by Crippen LogP contribution is -2.14. The van der Waals surface area contributed by atoms with E-state index in [-0.39, 0.29) is 23.4 Å². The van der Waals surface area contributed by atoms with E-state index >= 15 is 4.39 Å². The third-order valence-electron chi connectivity index (χ3n) is 6.62. The first-order chi connectivity index (χ1) is 19.6. The number of H-pyrrole nitrogens is 2. The van der Waals surface area contributed by atoms with E-state index in [0.29, 0.717) is 28.3 Å². The number of fused-ring (bicyclic) bond motifs is 2. The summed E-state index contributed by atoms with van der Waals surface area (Å²) in [6.07, 6.45) is 4.78. The quantitative estimate of drug-likeness (QED) is 0.218. The molecule has 0 unspecified atom stereocenters. The number of rotatable bonds is 6. The molecule has 0 fully saturated rings. The summed E-state index contributed by atoms with van der Waals surface area (Å²) >= 11 is 1.61. The Balaban J connectivity index is 1.24. The van der Waals surface area contributed by atoms with Gasteiger partial charge in [-0.05, 0) is 40.1 Å². The molecule has 0 atom stereocenters. The van der Waals surface area contributed by atoms with Crippen LogP contribution in [0.25, 0.3) is 55.8 Å². The van der Waals surface area contributed by atoms with Crippen molar-refractivity contribution in [3.63, 3.8) is 0 Å². The van der Waals surface area contributed by atoms with Crippen LogP contribution in [-0.2, 0) is 11.2 Å². The fraction of sp³-hybridized carbons (Fsp3) is 0.0333. The lowest BCUT2D eigenvalue weighted by Gasteiger charge is -2.08. The Hall–Kier alpha value is -5.22. The van der Waals surface area contributed by atoms with Gasteiger partial charge >= 0.3 is 0 Å². The summed E-state index contributed by atoms with van der Waals surface area (Å²) < 4.78 is 16.1. The average Bonchev–Trinajstić information content (AvgIpc) is 3.73. The van der Waals surface area contributed by atoms with E-state index in [4.69, 9.17) is 4.98 Å². The summed E-state index contributed by atoms with van der Waals surface area (Å²) in [6.45, 7) is 0. The van der Waals surface area contributed by atoms with Crippen molar-refractivity contribution in [1.29, 1.82) is 0 Å². The largest absolute Gasteiger partial charge is 0.337 e. The van der Waals surface area contributed by atoms with E-state index in [1.165, 1.54) is 18.6 Å². The molecule has 0 aliphatic carbocycles. The molecular weight excluding hydrogens is 525 g/mol. The molecule has 5 aromatic heterocycles. The summed E-state index contributed by atoms with van der Waals surface area (Å²) in [4.78, 5) is 29.2. The van der Waals surface area contributed by atoms with Gasteiger partial charge in [0.05, 0.1) is 46.4 Å². The molecule has 0 spiro atoms. The van der Waals surface area contributed by atoms with Crippen molar-refractivity contribution in [1.82, 2.24) is 30.1 Å². The zero-order valence-electron chi connectivity index (χ0n) is 20.9. The lowest BCUT2D eigenvalue weighted by molar-refractivity contribution is -0.115. The molecule has 0 aliphatic heterocycles. The first-order valence-electron chi connectivity index (χ1n) is 12.5. The van der Waals surface area contributed by atoms with Crippen LogP contribution in [0.5, 0.6) is 0 Å². The maximum atomic E-state index is 16.1.